The Balaban J connectivity index is 1.15. The third-order valence-electron chi connectivity index (χ3n) is 14.0. The highest BCUT2D eigenvalue weighted by atomic mass is 19.1. The Morgan fingerprint density at radius 2 is 0.776 bits per heavy atom. The van der Waals surface area contributed by atoms with E-state index in [1.807, 2.05) is 131 Å². The molecule has 0 aliphatic rings. The largest absolute Gasteiger partial charge is 0.307 e. The molecule has 0 atom stereocenters. The summed E-state index contributed by atoms with van der Waals surface area (Å²) in [4.78, 5) is 11.4. The van der Waals surface area contributed by atoms with Gasteiger partial charge in [-0.2, -0.15) is 10.5 Å². The summed E-state index contributed by atoms with van der Waals surface area (Å²) in [6.07, 6.45) is 0. The van der Waals surface area contributed by atoms with Crippen LogP contribution in [0.25, 0.3) is 86.5 Å². The molecule has 12 aromatic rings. The fraction of sp³-hybridized carbons (Fsp3) is 0. The van der Waals surface area contributed by atoms with Crippen LogP contribution in [0.5, 0.6) is 0 Å². The molecule has 0 spiro atoms. The fourth-order valence-corrected chi connectivity index (χ4v) is 10.7. The molecule has 0 fully saturated rings. The van der Waals surface area contributed by atoms with Gasteiger partial charge >= 0.3 is 0 Å². The van der Waals surface area contributed by atoms with Crippen molar-refractivity contribution < 1.29 is 8.78 Å². The van der Waals surface area contributed by atoms with E-state index in [0.29, 0.717) is 84.2 Å². The van der Waals surface area contributed by atoms with Gasteiger partial charge in [0.2, 0.25) is 0 Å². The normalized spacial score (nSPS) is 11.0. The maximum absolute atomic E-state index is 17.6. The molecule has 12 aromatic carbocycles. The van der Waals surface area contributed by atoms with Crippen LogP contribution in [0.3, 0.4) is 0 Å². The highest BCUT2D eigenvalue weighted by Gasteiger charge is 2.30. The van der Waals surface area contributed by atoms with E-state index in [4.69, 9.17) is 13.1 Å². The van der Waals surface area contributed by atoms with E-state index >= 15 is 8.78 Å². The van der Waals surface area contributed by atoms with Crippen molar-refractivity contribution in [2.24, 2.45) is 0 Å². The molecule has 0 N–H and O–H groups in total. The van der Waals surface area contributed by atoms with E-state index in [-0.39, 0.29) is 11.4 Å². The smallest absolute Gasteiger partial charge is 0.187 e. The molecule has 12 rings (SSSR count). The Morgan fingerprint density at radius 1 is 0.382 bits per heavy atom. The summed E-state index contributed by atoms with van der Waals surface area (Å²) in [6.45, 7) is 15.8. The minimum Gasteiger partial charge on any atom is -0.307 e. The van der Waals surface area contributed by atoms with E-state index in [1.165, 1.54) is 12.1 Å². The van der Waals surface area contributed by atoms with E-state index in [9.17, 15) is 10.5 Å². The Morgan fingerprint density at radius 3 is 1.24 bits per heavy atom. The molecule has 0 aliphatic heterocycles. The zero-order valence-electron chi connectivity index (χ0n) is 40.4. The average Bonchev–Trinajstić information content (AvgIpc) is 3.50. The van der Waals surface area contributed by atoms with E-state index in [2.05, 4.69) is 46.1 Å². The standard InChI is InChI=1S/C68H38F2N6/c1-73-51-19-11-16-48(39-51)56-32-34-60(70)68(66(56)50-18-12-20-52(40-50)74-2)76(54-23-7-4-8-24-54)62-36-28-46-25-29-57-61(35-27-45-26-30-58(62)64(46)63(45)57)75(53-21-5-3-6-22-53)67-59(69)33-31-55(47-15-9-13-43(37-47)41-71)65(67)49-17-10-14-44(38-49)42-72/h3-40H. The number of anilines is 6. The SMILES string of the molecule is [C-]#[N+]c1cccc(-c2ccc(F)c(N(c3ccccc3)c3ccc4ccc5c(N(c6ccccc6)c6c(F)ccc(-c7cccc(C#N)c7)c6-c6cccc(C#N)c6)ccc6ccc3c4c65)c2-c2cccc([N+]#[C-])c2)c1. The molecule has 0 aromatic heterocycles. The van der Waals surface area contributed by atoms with Gasteiger partial charge in [0.05, 0.1) is 59.2 Å². The van der Waals surface area contributed by atoms with Gasteiger partial charge in [-0.3, -0.25) is 0 Å². The van der Waals surface area contributed by atoms with Crippen molar-refractivity contribution in [1.82, 2.24) is 0 Å². The second kappa shape index (κ2) is 19.3. The molecule has 354 valence electrons. The van der Waals surface area contributed by atoms with Gasteiger partial charge in [0.1, 0.15) is 11.6 Å². The number of nitriles is 2. The van der Waals surface area contributed by atoms with Crippen LogP contribution in [-0.4, -0.2) is 0 Å². The zero-order chi connectivity index (χ0) is 51.9. The van der Waals surface area contributed by atoms with Crippen LogP contribution in [0.2, 0.25) is 0 Å². The lowest BCUT2D eigenvalue weighted by Gasteiger charge is -2.32. The topological polar surface area (TPSA) is 62.8 Å². The number of halogens is 2. The Kier molecular flexibility index (Phi) is 11.7. The van der Waals surface area contributed by atoms with Crippen molar-refractivity contribution in [1.29, 1.82) is 10.5 Å². The van der Waals surface area contributed by atoms with Gasteiger partial charge < -0.3 is 9.80 Å². The maximum Gasteiger partial charge on any atom is 0.187 e. The number of para-hydroxylation sites is 2. The first-order valence-electron chi connectivity index (χ1n) is 24.4. The molecule has 0 radical (unpaired) electrons. The minimum atomic E-state index is -0.504. The zero-order valence-corrected chi connectivity index (χ0v) is 40.4. The molecule has 0 bridgehead atoms. The van der Waals surface area contributed by atoms with E-state index in [0.717, 1.165) is 37.9 Å². The van der Waals surface area contributed by atoms with Crippen molar-refractivity contribution in [2.45, 2.75) is 0 Å². The summed E-state index contributed by atoms with van der Waals surface area (Å²) in [6, 6.07) is 75.4. The van der Waals surface area contributed by atoms with Gasteiger partial charge in [-0.25, -0.2) is 18.5 Å². The van der Waals surface area contributed by atoms with Gasteiger partial charge in [-0.15, -0.1) is 0 Å². The summed E-state index contributed by atoms with van der Waals surface area (Å²) >= 11 is 0. The second-order valence-electron chi connectivity index (χ2n) is 18.3. The van der Waals surface area contributed by atoms with Crippen LogP contribution in [0.15, 0.2) is 231 Å². The Bertz CT molecular complexity index is 4160. The lowest BCUT2D eigenvalue weighted by atomic mass is 9.89. The number of benzene rings is 12. The molecule has 0 unspecified atom stereocenters. The van der Waals surface area contributed by atoms with E-state index in [1.54, 1.807) is 72.8 Å². The van der Waals surface area contributed by atoms with Gasteiger partial charge in [-0.05, 0) is 140 Å². The van der Waals surface area contributed by atoms with Crippen LogP contribution >= 0.6 is 0 Å². The predicted octanol–water partition coefficient (Wildman–Crippen LogP) is 19.3. The van der Waals surface area contributed by atoms with Crippen LogP contribution in [0.1, 0.15) is 11.1 Å². The van der Waals surface area contributed by atoms with Gasteiger partial charge in [-0.1, -0.05) is 146 Å². The first-order valence-corrected chi connectivity index (χ1v) is 24.4. The van der Waals surface area contributed by atoms with Gasteiger partial charge in [0, 0.05) is 33.3 Å². The van der Waals surface area contributed by atoms with Crippen molar-refractivity contribution in [3.05, 3.63) is 276 Å². The minimum absolute atomic E-state index is 0.249. The quantitative estimate of drug-likeness (QED) is 0.101. The molecule has 8 heteroatoms. The average molecular weight is 977 g/mol. The van der Waals surface area contributed by atoms with Crippen LogP contribution in [-0.2, 0) is 0 Å². The third kappa shape index (κ3) is 7.94. The predicted molar refractivity (Wildman–Crippen MR) is 303 cm³/mol. The first kappa shape index (κ1) is 46.2. The molecule has 0 aliphatic carbocycles. The molecule has 0 saturated heterocycles. The van der Waals surface area contributed by atoms with Crippen molar-refractivity contribution in [3.63, 3.8) is 0 Å². The summed E-state index contributed by atoms with van der Waals surface area (Å²) in [7, 11) is 0. The Labute approximate surface area is 437 Å². The lowest BCUT2D eigenvalue weighted by Crippen LogP contribution is -2.15. The third-order valence-corrected chi connectivity index (χ3v) is 14.0. The van der Waals surface area contributed by atoms with Crippen LogP contribution < -0.4 is 9.80 Å². The summed E-state index contributed by atoms with van der Waals surface area (Å²) < 4.78 is 35.3. The monoisotopic (exact) mass is 976 g/mol. The molecule has 0 amide bonds. The first-order chi connectivity index (χ1) is 37.3. The number of rotatable bonds is 10. The highest BCUT2D eigenvalue weighted by molar-refractivity contribution is 6.28. The van der Waals surface area contributed by atoms with Crippen molar-refractivity contribution >= 4 is 77.8 Å². The molecule has 6 nitrogen and oxygen atoms in total. The number of nitrogens with zero attached hydrogens (tertiary/aromatic N) is 6. The number of hydrogen-bond acceptors (Lipinski definition) is 4. The second-order valence-corrected chi connectivity index (χ2v) is 18.3. The number of hydrogen-bond donors (Lipinski definition) is 0. The van der Waals surface area contributed by atoms with Gasteiger partial charge in [0.25, 0.3) is 0 Å². The van der Waals surface area contributed by atoms with Crippen molar-refractivity contribution in [3.8, 4) is 56.6 Å². The molecular formula is C68H38F2N6. The molecular weight excluding hydrogens is 939 g/mol. The highest BCUT2D eigenvalue weighted by Crippen LogP contribution is 2.53. The summed E-state index contributed by atoms with van der Waals surface area (Å²) in [5.74, 6) is -1.00. The molecule has 76 heavy (non-hydrogen) atoms. The van der Waals surface area contributed by atoms with Crippen molar-refractivity contribution in [2.75, 3.05) is 9.80 Å². The fourth-order valence-electron chi connectivity index (χ4n) is 10.7. The molecule has 0 saturated carbocycles. The Hall–Kier alpha value is -10.9. The summed E-state index contributed by atoms with van der Waals surface area (Å²) in [5, 5.41) is 25.5. The van der Waals surface area contributed by atoms with Crippen LogP contribution in [0, 0.1) is 47.4 Å². The van der Waals surface area contributed by atoms with Gasteiger partial charge in [0.15, 0.2) is 11.4 Å². The lowest BCUT2D eigenvalue weighted by molar-refractivity contribution is 0.629. The maximum atomic E-state index is 17.6. The van der Waals surface area contributed by atoms with Crippen LogP contribution in [0.4, 0.5) is 54.3 Å². The molecule has 0 heterocycles. The van der Waals surface area contributed by atoms with E-state index < -0.39 is 11.6 Å². The summed E-state index contributed by atoms with van der Waals surface area (Å²) in [5.41, 5.74) is 10.0.